The fourth-order valence-electron chi connectivity index (χ4n) is 1.38. The zero-order chi connectivity index (χ0) is 14.7. The second-order valence-electron chi connectivity index (χ2n) is 3.98. The highest BCUT2D eigenvalue weighted by Gasteiger charge is 2.24. The van der Waals surface area contributed by atoms with Crippen LogP contribution in [0.5, 0.6) is 0 Å². The normalized spacial score (nSPS) is 13.7. The summed E-state index contributed by atoms with van der Waals surface area (Å²) in [6, 6.07) is -1.17. The Balaban J connectivity index is 4.36. The molecule has 0 bridgehead atoms. The molecule has 0 aliphatic carbocycles. The van der Waals surface area contributed by atoms with Gasteiger partial charge in [-0.3, -0.25) is 4.79 Å². The zero-order valence-electron chi connectivity index (χ0n) is 11.8. The lowest BCUT2D eigenvalue weighted by atomic mass is 10.2. The average Bonchev–Trinajstić information content (AvgIpc) is 2.40. The number of carbonyl (C=O) groups is 2. The molecule has 5 nitrogen and oxygen atoms in total. The highest BCUT2D eigenvalue weighted by molar-refractivity contribution is 7.98. The standard InChI is InChI=1S/C12H24N2O3S2/c1-4-17-12(16)10(6-8-19-3)14-11(15)9(13)5-7-18-2/h9-10H,4-8,13H2,1-3H3,(H,14,15)/t9-,10-/m0/s1. The van der Waals surface area contributed by atoms with Gasteiger partial charge in [-0.25, -0.2) is 4.79 Å². The number of thioether (sulfide) groups is 2. The molecule has 0 aromatic heterocycles. The lowest BCUT2D eigenvalue weighted by Gasteiger charge is -2.19. The minimum Gasteiger partial charge on any atom is -0.464 e. The molecule has 0 aliphatic heterocycles. The maximum atomic E-state index is 11.9. The number of hydrogen-bond donors (Lipinski definition) is 2. The molecule has 0 aliphatic rings. The molecule has 0 heterocycles. The minimum atomic E-state index is -0.597. The van der Waals surface area contributed by atoms with Gasteiger partial charge in [-0.1, -0.05) is 0 Å². The van der Waals surface area contributed by atoms with Gasteiger partial charge in [-0.2, -0.15) is 23.5 Å². The number of rotatable bonds is 10. The van der Waals surface area contributed by atoms with Crippen molar-refractivity contribution in [2.75, 3.05) is 30.6 Å². The van der Waals surface area contributed by atoms with E-state index in [2.05, 4.69) is 5.32 Å². The summed E-state index contributed by atoms with van der Waals surface area (Å²) in [7, 11) is 0. The summed E-state index contributed by atoms with van der Waals surface area (Å²) in [6.45, 7) is 2.05. The first-order valence-electron chi connectivity index (χ1n) is 6.27. The molecule has 2 atom stereocenters. The number of hydrogen-bond acceptors (Lipinski definition) is 6. The van der Waals surface area contributed by atoms with Gasteiger partial charge >= 0.3 is 5.97 Å². The van der Waals surface area contributed by atoms with Crippen molar-refractivity contribution in [3.63, 3.8) is 0 Å². The second-order valence-corrected chi connectivity index (χ2v) is 5.95. The molecule has 1 amide bonds. The maximum Gasteiger partial charge on any atom is 0.328 e. The number of amides is 1. The molecule has 0 spiro atoms. The number of nitrogens with one attached hydrogen (secondary N) is 1. The lowest BCUT2D eigenvalue weighted by molar-refractivity contribution is -0.147. The number of nitrogens with two attached hydrogens (primary N) is 1. The van der Waals surface area contributed by atoms with Crippen molar-refractivity contribution >= 4 is 35.4 Å². The first-order chi connectivity index (χ1) is 9.06. The molecule has 0 unspecified atom stereocenters. The van der Waals surface area contributed by atoms with Crippen LogP contribution in [-0.2, 0) is 14.3 Å². The van der Waals surface area contributed by atoms with Crippen LogP contribution < -0.4 is 11.1 Å². The largest absolute Gasteiger partial charge is 0.464 e. The van der Waals surface area contributed by atoms with Crippen LogP contribution in [0.3, 0.4) is 0 Å². The van der Waals surface area contributed by atoms with Gasteiger partial charge in [0.05, 0.1) is 12.6 Å². The van der Waals surface area contributed by atoms with E-state index in [0.29, 0.717) is 19.4 Å². The average molecular weight is 308 g/mol. The molecule has 3 N–H and O–H groups in total. The number of esters is 1. The van der Waals surface area contributed by atoms with E-state index < -0.39 is 12.1 Å². The van der Waals surface area contributed by atoms with Gasteiger partial charge in [0.25, 0.3) is 0 Å². The minimum absolute atomic E-state index is 0.284. The summed E-state index contributed by atoms with van der Waals surface area (Å²) in [5, 5.41) is 2.68. The SMILES string of the molecule is CCOC(=O)[C@H](CCSC)NC(=O)[C@@H](N)CCSC. The third-order valence-corrected chi connectivity index (χ3v) is 3.76. The quantitative estimate of drug-likeness (QED) is 0.583. The summed E-state index contributed by atoms with van der Waals surface area (Å²) in [5.41, 5.74) is 5.77. The molecule has 0 fully saturated rings. The molecule has 0 aromatic carbocycles. The van der Waals surface area contributed by atoms with Crippen LogP contribution in [0.4, 0.5) is 0 Å². The van der Waals surface area contributed by atoms with Crippen molar-refractivity contribution in [1.29, 1.82) is 0 Å². The van der Waals surface area contributed by atoms with Crippen LogP contribution in [0.1, 0.15) is 19.8 Å². The highest BCUT2D eigenvalue weighted by atomic mass is 32.2. The Kier molecular flexibility index (Phi) is 11.2. The van der Waals surface area contributed by atoms with E-state index in [1.165, 1.54) is 0 Å². The fraction of sp³-hybridized carbons (Fsp3) is 0.833. The van der Waals surface area contributed by atoms with Gasteiger partial charge in [-0.05, 0) is 43.8 Å². The van der Waals surface area contributed by atoms with Crippen molar-refractivity contribution in [3.05, 3.63) is 0 Å². The monoisotopic (exact) mass is 308 g/mol. The van der Waals surface area contributed by atoms with Gasteiger partial charge in [0, 0.05) is 0 Å². The highest BCUT2D eigenvalue weighted by Crippen LogP contribution is 2.04. The van der Waals surface area contributed by atoms with Crippen molar-refractivity contribution in [2.45, 2.75) is 31.8 Å². The van der Waals surface area contributed by atoms with Crippen molar-refractivity contribution in [1.82, 2.24) is 5.32 Å². The topological polar surface area (TPSA) is 81.4 Å². The summed E-state index contributed by atoms with van der Waals surface area (Å²) in [6.07, 6.45) is 5.07. The van der Waals surface area contributed by atoms with Gasteiger partial charge in [0.1, 0.15) is 6.04 Å². The fourth-order valence-corrected chi connectivity index (χ4v) is 2.34. The van der Waals surface area contributed by atoms with Crippen LogP contribution in [0.25, 0.3) is 0 Å². The second kappa shape index (κ2) is 11.4. The molecule has 0 saturated heterocycles. The van der Waals surface area contributed by atoms with Crippen molar-refractivity contribution in [3.8, 4) is 0 Å². The Labute approximate surface area is 123 Å². The Morgan fingerprint density at radius 1 is 1.21 bits per heavy atom. The zero-order valence-corrected chi connectivity index (χ0v) is 13.4. The first kappa shape index (κ1) is 18.6. The van der Waals surface area contributed by atoms with E-state index in [-0.39, 0.29) is 11.9 Å². The lowest BCUT2D eigenvalue weighted by Crippen LogP contribution is -2.49. The summed E-state index contributed by atoms with van der Waals surface area (Å²) < 4.78 is 4.95. The van der Waals surface area contributed by atoms with E-state index in [0.717, 1.165) is 11.5 Å². The van der Waals surface area contributed by atoms with E-state index in [4.69, 9.17) is 10.5 Å². The van der Waals surface area contributed by atoms with Gasteiger partial charge in [0.2, 0.25) is 5.91 Å². The first-order valence-corrected chi connectivity index (χ1v) is 9.06. The molecular formula is C12H24N2O3S2. The van der Waals surface area contributed by atoms with Crippen LogP contribution in [0.15, 0.2) is 0 Å². The molecule has 19 heavy (non-hydrogen) atoms. The summed E-state index contributed by atoms with van der Waals surface area (Å²) in [5.74, 6) is 0.933. The van der Waals surface area contributed by atoms with E-state index in [1.54, 1.807) is 30.4 Å². The van der Waals surface area contributed by atoms with Gasteiger partial charge in [-0.15, -0.1) is 0 Å². The molecule has 0 radical (unpaired) electrons. The third kappa shape index (κ3) is 8.39. The van der Waals surface area contributed by atoms with E-state index >= 15 is 0 Å². The maximum absolute atomic E-state index is 11.9. The summed E-state index contributed by atoms with van der Waals surface area (Å²) >= 11 is 3.26. The van der Waals surface area contributed by atoms with Crippen LogP contribution in [0.2, 0.25) is 0 Å². The van der Waals surface area contributed by atoms with Crippen LogP contribution in [-0.4, -0.2) is 54.6 Å². The molecule has 112 valence electrons. The predicted molar refractivity (Wildman–Crippen MR) is 82.5 cm³/mol. The Hall–Kier alpha value is -0.400. The predicted octanol–water partition coefficient (Wildman–Crippen LogP) is 0.868. The molecule has 0 saturated carbocycles. The van der Waals surface area contributed by atoms with Crippen molar-refractivity contribution in [2.24, 2.45) is 5.73 Å². The Bertz CT molecular complexity index is 278. The van der Waals surface area contributed by atoms with Gasteiger partial charge in [0.15, 0.2) is 0 Å². The van der Waals surface area contributed by atoms with Crippen LogP contribution >= 0.6 is 23.5 Å². The van der Waals surface area contributed by atoms with Gasteiger partial charge < -0.3 is 15.8 Å². The van der Waals surface area contributed by atoms with Crippen LogP contribution in [0, 0.1) is 0 Å². The molecule has 0 aromatic rings. The Morgan fingerprint density at radius 2 is 1.79 bits per heavy atom. The number of carbonyl (C=O) groups excluding carboxylic acids is 2. The van der Waals surface area contributed by atoms with E-state index in [1.807, 2.05) is 12.5 Å². The Morgan fingerprint density at radius 3 is 2.32 bits per heavy atom. The number of ether oxygens (including phenoxy) is 1. The summed E-state index contributed by atoms with van der Waals surface area (Å²) in [4.78, 5) is 23.6. The third-order valence-electron chi connectivity index (χ3n) is 2.47. The molecule has 7 heteroatoms. The van der Waals surface area contributed by atoms with Crippen molar-refractivity contribution < 1.29 is 14.3 Å². The smallest absolute Gasteiger partial charge is 0.328 e. The molecular weight excluding hydrogens is 284 g/mol. The molecule has 0 rings (SSSR count). The van der Waals surface area contributed by atoms with E-state index in [9.17, 15) is 9.59 Å².